The number of ether oxygens (including phenoxy) is 1. The molecular formula is C17H26N4OS2. The van der Waals surface area contributed by atoms with Crippen molar-refractivity contribution in [3.05, 3.63) is 17.0 Å². The van der Waals surface area contributed by atoms with Gasteiger partial charge in [0.25, 0.3) is 0 Å². The number of nitrogens with one attached hydrogen (secondary N) is 2. The Morgan fingerprint density at radius 3 is 2.92 bits per heavy atom. The molecule has 0 spiro atoms. The van der Waals surface area contributed by atoms with Crippen LogP contribution in [-0.2, 0) is 4.74 Å². The zero-order valence-corrected chi connectivity index (χ0v) is 15.8. The van der Waals surface area contributed by atoms with Crippen LogP contribution in [-0.4, -0.2) is 43.7 Å². The summed E-state index contributed by atoms with van der Waals surface area (Å²) in [6.07, 6.45) is 6.94. The van der Waals surface area contributed by atoms with Crippen LogP contribution in [0.5, 0.6) is 0 Å². The number of hydrazone groups is 1. The number of nitrogens with zero attached hydrogens (tertiary/aromatic N) is 2. The number of thiocarbonyl (C=S) groups is 1. The molecule has 1 aromatic rings. The van der Waals surface area contributed by atoms with Gasteiger partial charge in [0.1, 0.15) is 0 Å². The van der Waals surface area contributed by atoms with Gasteiger partial charge >= 0.3 is 0 Å². The molecule has 3 rings (SSSR count). The molecule has 24 heavy (non-hydrogen) atoms. The monoisotopic (exact) mass is 366 g/mol. The van der Waals surface area contributed by atoms with Gasteiger partial charge in [0.05, 0.1) is 24.4 Å². The highest BCUT2D eigenvalue weighted by Gasteiger charge is 2.21. The van der Waals surface area contributed by atoms with Crippen molar-refractivity contribution in [2.24, 2.45) is 11.0 Å². The van der Waals surface area contributed by atoms with E-state index in [0.717, 1.165) is 31.2 Å². The Morgan fingerprint density at radius 2 is 2.12 bits per heavy atom. The predicted molar refractivity (Wildman–Crippen MR) is 105 cm³/mol. The number of rotatable bonds is 4. The van der Waals surface area contributed by atoms with Crippen molar-refractivity contribution < 1.29 is 4.74 Å². The van der Waals surface area contributed by atoms with E-state index in [2.05, 4.69) is 39.8 Å². The summed E-state index contributed by atoms with van der Waals surface area (Å²) in [4.78, 5) is 3.48. The second-order valence-corrected chi connectivity index (χ2v) is 7.99. The van der Waals surface area contributed by atoms with Gasteiger partial charge in [-0.1, -0.05) is 19.8 Å². The van der Waals surface area contributed by atoms with E-state index in [9.17, 15) is 0 Å². The number of anilines is 1. The van der Waals surface area contributed by atoms with Crippen molar-refractivity contribution in [3.63, 3.8) is 0 Å². The van der Waals surface area contributed by atoms with Crippen molar-refractivity contribution in [1.29, 1.82) is 0 Å². The third kappa shape index (κ3) is 4.91. The smallest absolute Gasteiger partial charge is 0.187 e. The molecule has 0 aromatic carbocycles. The molecule has 1 saturated carbocycles. The molecule has 1 aromatic heterocycles. The van der Waals surface area contributed by atoms with Crippen molar-refractivity contribution in [2.75, 3.05) is 31.2 Å². The van der Waals surface area contributed by atoms with E-state index < -0.39 is 0 Å². The van der Waals surface area contributed by atoms with E-state index in [1.165, 1.54) is 30.7 Å². The van der Waals surface area contributed by atoms with Crippen molar-refractivity contribution in [2.45, 2.75) is 38.6 Å². The molecule has 2 N–H and O–H groups in total. The maximum absolute atomic E-state index is 5.39. The predicted octanol–water partition coefficient (Wildman–Crippen LogP) is 2.96. The Bertz CT molecular complexity index is 569. The summed E-state index contributed by atoms with van der Waals surface area (Å²) in [5, 5.41) is 9.57. The number of thiophene rings is 1. The van der Waals surface area contributed by atoms with Crippen LogP contribution in [0.15, 0.2) is 17.2 Å². The zero-order chi connectivity index (χ0) is 16.8. The fraction of sp³-hybridized carbons (Fsp3) is 0.647. The standard InChI is InChI=1S/C17H26N4OS2/c1-13-4-2-3-5-15(13)19-17(23)20-18-12-14-6-7-16(24-14)21-8-10-22-11-9-21/h6-7,12-13,15H,2-5,8-11H2,1H3,(H2,19,20,23)/b18-12-/t13-,15+/m0/s1. The average molecular weight is 367 g/mol. The largest absolute Gasteiger partial charge is 0.378 e. The topological polar surface area (TPSA) is 48.9 Å². The number of hydrogen-bond acceptors (Lipinski definition) is 5. The van der Waals surface area contributed by atoms with Crippen LogP contribution < -0.4 is 15.6 Å². The molecule has 0 unspecified atom stereocenters. The van der Waals surface area contributed by atoms with Crippen LogP contribution in [0.3, 0.4) is 0 Å². The first-order valence-electron chi connectivity index (χ1n) is 8.74. The summed E-state index contributed by atoms with van der Waals surface area (Å²) >= 11 is 7.10. The van der Waals surface area contributed by atoms with Gasteiger partial charge in [-0.25, -0.2) is 0 Å². The molecule has 0 bridgehead atoms. The summed E-state index contributed by atoms with van der Waals surface area (Å²) in [5.41, 5.74) is 2.95. The van der Waals surface area contributed by atoms with Crippen LogP contribution in [0.1, 0.15) is 37.5 Å². The molecular weight excluding hydrogens is 340 g/mol. The Kier molecular flexibility index (Phi) is 6.45. The molecule has 1 aliphatic heterocycles. The highest BCUT2D eigenvalue weighted by molar-refractivity contribution is 7.80. The van der Waals surface area contributed by atoms with Gasteiger partial charge in [-0.3, -0.25) is 5.43 Å². The summed E-state index contributed by atoms with van der Waals surface area (Å²) in [5.74, 6) is 0.677. The minimum absolute atomic E-state index is 0.476. The highest BCUT2D eigenvalue weighted by Crippen LogP contribution is 2.25. The molecule has 5 nitrogen and oxygen atoms in total. The van der Waals surface area contributed by atoms with Crippen LogP contribution in [0.25, 0.3) is 0 Å². The van der Waals surface area contributed by atoms with Gasteiger partial charge in [-0.05, 0) is 43.1 Å². The van der Waals surface area contributed by atoms with E-state index in [1.54, 1.807) is 11.3 Å². The molecule has 2 heterocycles. The zero-order valence-electron chi connectivity index (χ0n) is 14.2. The minimum atomic E-state index is 0.476. The van der Waals surface area contributed by atoms with Gasteiger partial charge in [-0.2, -0.15) is 5.10 Å². The summed E-state index contributed by atoms with van der Waals surface area (Å²) in [7, 11) is 0. The normalized spacial score (nSPS) is 25.0. The Labute approximate surface area is 153 Å². The third-order valence-electron chi connectivity index (χ3n) is 4.72. The van der Waals surface area contributed by atoms with E-state index in [0.29, 0.717) is 17.1 Å². The van der Waals surface area contributed by atoms with Crippen LogP contribution in [0.2, 0.25) is 0 Å². The van der Waals surface area contributed by atoms with Gasteiger partial charge in [0.15, 0.2) is 5.11 Å². The first-order chi connectivity index (χ1) is 11.7. The van der Waals surface area contributed by atoms with E-state index in [4.69, 9.17) is 17.0 Å². The second kappa shape index (κ2) is 8.78. The average Bonchev–Trinajstić information content (AvgIpc) is 3.07. The SMILES string of the molecule is C[C@H]1CCCC[C@H]1NC(=S)N/N=C\c1ccc(N2CCOCC2)s1. The van der Waals surface area contributed by atoms with Gasteiger partial charge in [-0.15, -0.1) is 11.3 Å². The molecule has 0 radical (unpaired) electrons. The lowest BCUT2D eigenvalue weighted by Crippen LogP contribution is -2.44. The Morgan fingerprint density at radius 1 is 1.33 bits per heavy atom. The molecule has 2 fully saturated rings. The molecule has 132 valence electrons. The Hall–Kier alpha value is -1.18. The molecule has 1 saturated heterocycles. The van der Waals surface area contributed by atoms with Gasteiger partial charge < -0.3 is 15.0 Å². The lowest BCUT2D eigenvalue weighted by atomic mass is 9.86. The quantitative estimate of drug-likeness (QED) is 0.487. The number of hydrogen-bond donors (Lipinski definition) is 2. The maximum Gasteiger partial charge on any atom is 0.187 e. The molecule has 2 aliphatic rings. The first kappa shape index (κ1) is 17.6. The fourth-order valence-corrected chi connectivity index (χ4v) is 4.39. The lowest BCUT2D eigenvalue weighted by molar-refractivity contribution is 0.123. The van der Waals surface area contributed by atoms with Crippen molar-refractivity contribution in [3.8, 4) is 0 Å². The molecule has 0 amide bonds. The van der Waals surface area contributed by atoms with Crippen LogP contribution in [0.4, 0.5) is 5.00 Å². The van der Waals surface area contributed by atoms with E-state index >= 15 is 0 Å². The van der Waals surface area contributed by atoms with Crippen LogP contribution >= 0.6 is 23.6 Å². The minimum Gasteiger partial charge on any atom is -0.378 e. The number of morpholine rings is 1. The van der Waals surface area contributed by atoms with Gasteiger partial charge in [0.2, 0.25) is 0 Å². The maximum atomic E-state index is 5.39. The van der Waals surface area contributed by atoms with E-state index in [1.807, 2.05) is 6.21 Å². The summed E-state index contributed by atoms with van der Waals surface area (Å²) < 4.78 is 5.39. The van der Waals surface area contributed by atoms with E-state index in [-0.39, 0.29) is 0 Å². The summed E-state index contributed by atoms with van der Waals surface area (Å²) in [6.45, 7) is 5.83. The van der Waals surface area contributed by atoms with Crippen molar-refractivity contribution >= 4 is 39.9 Å². The third-order valence-corrected chi connectivity index (χ3v) is 6.01. The van der Waals surface area contributed by atoms with Gasteiger partial charge in [0, 0.05) is 24.0 Å². The molecule has 2 atom stereocenters. The van der Waals surface area contributed by atoms with Crippen LogP contribution in [0, 0.1) is 5.92 Å². The lowest BCUT2D eigenvalue weighted by Gasteiger charge is -2.30. The summed E-state index contributed by atoms with van der Waals surface area (Å²) in [6, 6.07) is 4.72. The molecule has 1 aliphatic carbocycles. The first-order valence-corrected chi connectivity index (χ1v) is 9.97. The Balaban J connectivity index is 1.45. The highest BCUT2D eigenvalue weighted by atomic mass is 32.1. The van der Waals surface area contributed by atoms with Crippen molar-refractivity contribution in [1.82, 2.24) is 10.7 Å². The molecule has 7 heteroatoms. The fourth-order valence-electron chi connectivity index (χ4n) is 3.25. The second-order valence-electron chi connectivity index (χ2n) is 6.49.